The third-order valence-corrected chi connectivity index (χ3v) is 4.48. The molecule has 1 N–H and O–H groups in total. The molecule has 0 aromatic heterocycles. The first kappa shape index (κ1) is 15.8. The van der Waals surface area contributed by atoms with Gasteiger partial charge in [-0.2, -0.15) is 0 Å². The molecule has 21 heavy (non-hydrogen) atoms. The second-order valence-electron chi connectivity index (χ2n) is 5.82. The van der Waals surface area contributed by atoms with Crippen molar-refractivity contribution in [3.8, 4) is 0 Å². The molecule has 112 valence electrons. The van der Waals surface area contributed by atoms with Gasteiger partial charge in [-0.25, -0.2) is 0 Å². The minimum Gasteiger partial charge on any atom is -0.343 e. The maximum Gasteiger partial charge on any atom is 0.243 e. The van der Waals surface area contributed by atoms with Crippen LogP contribution < -0.4 is 5.32 Å². The number of fused-ring (bicyclic) bond motifs is 1. The van der Waals surface area contributed by atoms with Crippen LogP contribution in [0.5, 0.6) is 0 Å². The lowest BCUT2D eigenvalue weighted by Gasteiger charge is -2.40. The number of amides is 2. The van der Waals surface area contributed by atoms with E-state index in [1.165, 1.54) is 11.6 Å². The summed E-state index contributed by atoms with van der Waals surface area (Å²) in [6.07, 6.45) is 1.17. The van der Waals surface area contributed by atoms with Crippen LogP contribution in [0.4, 0.5) is 0 Å². The Labute approximate surface area is 133 Å². The number of hydrogen-bond donors (Lipinski definition) is 1. The van der Waals surface area contributed by atoms with Gasteiger partial charge < -0.3 is 10.2 Å². The molecule has 0 saturated heterocycles. The fraction of sp³-hybridized carbons (Fsp3) is 0.375. The zero-order valence-corrected chi connectivity index (χ0v) is 13.9. The van der Waals surface area contributed by atoms with E-state index in [4.69, 9.17) is 0 Å². The Morgan fingerprint density at radius 3 is 2.86 bits per heavy atom. The van der Waals surface area contributed by atoms with E-state index in [1.807, 2.05) is 12.1 Å². The first-order valence-electron chi connectivity index (χ1n) is 6.81. The summed E-state index contributed by atoms with van der Waals surface area (Å²) in [4.78, 5) is 25.2. The van der Waals surface area contributed by atoms with Crippen LogP contribution in [-0.4, -0.2) is 29.8 Å². The van der Waals surface area contributed by atoms with E-state index < -0.39 is 0 Å². The molecule has 5 heteroatoms. The van der Waals surface area contributed by atoms with Crippen LogP contribution in [0.1, 0.15) is 25.0 Å². The lowest BCUT2D eigenvalue weighted by atomic mass is 9.78. The van der Waals surface area contributed by atoms with Gasteiger partial charge in [-0.1, -0.05) is 48.5 Å². The molecule has 0 fully saturated rings. The predicted octanol–water partition coefficient (Wildman–Crippen LogP) is 2.37. The average Bonchev–Trinajstić information content (AvgIpc) is 2.44. The van der Waals surface area contributed by atoms with Gasteiger partial charge in [-0.05, 0) is 23.3 Å². The maximum absolute atomic E-state index is 12.3. The second kappa shape index (κ2) is 6.02. The zero-order chi connectivity index (χ0) is 15.6. The van der Waals surface area contributed by atoms with E-state index in [9.17, 15) is 9.59 Å². The van der Waals surface area contributed by atoms with E-state index in [0.29, 0.717) is 13.1 Å². The van der Waals surface area contributed by atoms with Crippen molar-refractivity contribution in [3.05, 3.63) is 46.5 Å². The SMILES string of the molecule is C=CC(=O)NCC(=O)N1Cc2c(Br)cccc2C(C)(C)C1. The molecule has 4 nitrogen and oxygen atoms in total. The molecule has 1 aromatic rings. The van der Waals surface area contributed by atoms with Gasteiger partial charge in [0.25, 0.3) is 0 Å². The summed E-state index contributed by atoms with van der Waals surface area (Å²) in [5.74, 6) is -0.416. The number of nitrogens with zero attached hydrogens (tertiary/aromatic N) is 1. The number of nitrogens with one attached hydrogen (secondary N) is 1. The molecule has 0 saturated carbocycles. The van der Waals surface area contributed by atoms with Crippen LogP contribution >= 0.6 is 15.9 Å². The summed E-state index contributed by atoms with van der Waals surface area (Å²) in [7, 11) is 0. The normalized spacial score (nSPS) is 16.0. The quantitative estimate of drug-likeness (QED) is 0.850. The number of benzene rings is 1. The van der Waals surface area contributed by atoms with Crippen molar-refractivity contribution in [2.45, 2.75) is 25.8 Å². The highest BCUT2D eigenvalue weighted by Gasteiger charge is 2.34. The molecule has 1 aliphatic rings. The number of hydrogen-bond acceptors (Lipinski definition) is 2. The van der Waals surface area contributed by atoms with Crippen LogP contribution in [0, 0.1) is 0 Å². The summed E-state index contributed by atoms with van der Waals surface area (Å²) in [6, 6.07) is 6.12. The first-order valence-corrected chi connectivity index (χ1v) is 7.60. The van der Waals surface area contributed by atoms with Gasteiger partial charge in [0.2, 0.25) is 11.8 Å². The molecule has 0 aliphatic carbocycles. The van der Waals surface area contributed by atoms with Crippen LogP contribution in [0.2, 0.25) is 0 Å². The Kier molecular flexibility index (Phi) is 4.52. The smallest absolute Gasteiger partial charge is 0.243 e. The molecule has 0 radical (unpaired) electrons. The molecule has 0 spiro atoms. The first-order chi connectivity index (χ1) is 9.85. The van der Waals surface area contributed by atoms with Crippen LogP contribution in [0.15, 0.2) is 35.3 Å². The van der Waals surface area contributed by atoms with E-state index >= 15 is 0 Å². The molecule has 0 bridgehead atoms. The molecule has 1 aromatic carbocycles. The fourth-order valence-corrected chi connectivity index (χ4v) is 3.18. The zero-order valence-electron chi connectivity index (χ0n) is 12.3. The lowest BCUT2D eigenvalue weighted by Crippen LogP contribution is -2.48. The predicted molar refractivity (Wildman–Crippen MR) is 85.8 cm³/mol. The highest BCUT2D eigenvalue weighted by Crippen LogP contribution is 2.36. The summed E-state index contributed by atoms with van der Waals surface area (Å²) >= 11 is 3.56. The third kappa shape index (κ3) is 3.35. The van der Waals surface area contributed by atoms with Crippen LogP contribution in [0.25, 0.3) is 0 Å². The molecule has 1 heterocycles. The van der Waals surface area contributed by atoms with Crippen molar-refractivity contribution in [3.63, 3.8) is 0 Å². The third-order valence-electron chi connectivity index (χ3n) is 3.74. The Balaban J connectivity index is 2.19. The largest absolute Gasteiger partial charge is 0.343 e. The van der Waals surface area contributed by atoms with E-state index in [0.717, 1.165) is 10.0 Å². The summed E-state index contributed by atoms with van der Waals surface area (Å²) < 4.78 is 1.01. The molecule has 0 unspecified atom stereocenters. The molecule has 1 aliphatic heterocycles. The lowest BCUT2D eigenvalue weighted by molar-refractivity contribution is -0.133. The topological polar surface area (TPSA) is 49.4 Å². The molecular formula is C16H19BrN2O2. The molecular weight excluding hydrogens is 332 g/mol. The number of rotatable bonds is 3. The average molecular weight is 351 g/mol. The summed E-state index contributed by atoms with van der Waals surface area (Å²) in [5.41, 5.74) is 2.28. The summed E-state index contributed by atoms with van der Waals surface area (Å²) in [6.45, 7) is 8.82. The van der Waals surface area contributed by atoms with Gasteiger partial charge in [-0.3, -0.25) is 9.59 Å². The Morgan fingerprint density at radius 1 is 1.48 bits per heavy atom. The van der Waals surface area contributed by atoms with Gasteiger partial charge in [0.15, 0.2) is 0 Å². The Bertz CT molecular complexity index is 596. The highest BCUT2D eigenvalue weighted by molar-refractivity contribution is 9.10. The Hall–Kier alpha value is -1.62. The monoisotopic (exact) mass is 350 g/mol. The second-order valence-corrected chi connectivity index (χ2v) is 6.68. The fourth-order valence-electron chi connectivity index (χ4n) is 2.69. The highest BCUT2D eigenvalue weighted by atomic mass is 79.9. The number of carbonyl (C=O) groups is 2. The molecule has 0 atom stereocenters. The van der Waals surface area contributed by atoms with Crippen molar-refractivity contribution in [1.82, 2.24) is 10.2 Å². The van der Waals surface area contributed by atoms with E-state index in [-0.39, 0.29) is 23.8 Å². The van der Waals surface area contributed by atoms with Gasteiger partial charge in [0.1, 0.15) is 0 Å². The minimum atomic E-state index is -0.332. The molecule has 2 amide bonds. The van der Waals surface area contributed by atoms with Gasteiger partial charge in [0.05, 0.1) is 6.54 Å². The molecule has 2 rings (SSSR count). The van der Waals surface area contributed by atoms with E-state index in [2.05, 4.69) is 47.7 Å². The van der Waals surface area contributed by atoms with Crippen LogP contribution in [0.3, 0.4) is 0 Å². The van der Waals surface area contributed by atoms with Gasteiger partial charge >= 0.3 is 0 Å². The van der Waals surface area contributed by atoms with Crippen molar-refractivity contribution in [2.75, 3.05) is 13.1 Å². The van der Waals surface area contributed by atoms with Crippen molar-refractivity contribution < 1.29 is 9.59 Å². The van der Waals surface area contributed by atoms with Crippen molar-refractivity contribution >= 4 is 27.7 Å². The van der Waals surface area contributed by atoms with E-state index in [1.54, 1.807) is 4.90 Å². The van der Waals surface area contributed by atoms with Crippen LogP contribution in [-0.2, 0) is 21.5 Å². The van der Waals surface area contributed by atoms with Crippen molar-refractivity contribution in [2.24, 2.45) is 0 Å². The standard InChI is InChI=1S/C16H19BrN2O2/c1-4-14(20)18-8-15(21)19-9-11-12(16(2,3)10-19)6-5-7-13(11)17/h4-7H,1,8-10H2,2-3H3,(H,18,20). The Morgan fingerprint density at radius 2 is 2.19 bits per heavy atom. The summed E-state index contributed by atoms with van der Waals surface area (Å²) in [5, 5.41) is 2.54. The number of halogens is 1. The minimum absolute atomic E-state index is 0.000714. The van der Waals surface area contributed by atoms with Gasteiger partial charge in [-0.15, -0.1) is 0 Å². The van der Waals surface area contributed by atoms with Gasteiger partial charge in [0, 0.05) is 23.0 Å². The number of carbonyl (C=O) groups excluding carboxylic acids is 2. The van der Waals surface area contributed by atoms with Crippen molar-refractivity contribution in [1.29, 1.82) is 0 Å². The maximum atomic E-state index is 12.3.